The predicted molar refractivity (Wildman–Crippen MR) is 57.2 cm³/mol. The topological polar surface area (TPSA) is 92.9 Å². The monoisotopic (exact) mass is 224 g/mol. The van der Waals surface area contributed by atoms with Gasteiger partial charge < -0.3 is 10.1 Å². The Kier molecular flexibility index (Phi) is 2.20. The highest BCUT2D eigenvalue weighted by Gasteiger charge is 2.15. The summed E-state index contributed by atoms with van der Waals surface area (Å²) in [5, 5.41) is 9.36. The summed E-state index contributed by atoms with van der Waals surface area (Å²) in [5.74, 6) is 0.272. The third kappa shape index (κ3) is 1.28. The van der Waals surface area contributed by atoms with E-state index in [-0.39, 0.29) is 17.0 Å². The molecule has 0 amide bonds. The number of nitrogens with one attached hydrogen (secondary N) is 1. The summed E-state index contributed by atoms with van der Waals surface area (Å²) < 4.78 is 2.26. The van der Waals surface area contributed by atoms with E-state index in [1.807, 2.05) is 0 Å². The number of hydrogen-bond donors (Lipinski definition) is 2. The van der Waals surface area contributed by atoms with Crippen molar-refractivity contribution >= 4 is 11.2 Å². The number of nitrogens with zero attached hydrogens (tertiary/aromatic N) is 3. The lowest BCUT2D eigenvalue weighted by molar-refractivity contribution is 0.190. The molecule has 0 aliphatic rings. The van der Waals surface area contributed by atoms with Gasteiger partial charge in [0.25, 0.3) is 5.56 Å². The van der Waals surface area contributed by atoms with Crippen LogP contribution in [0.1, 0.15) is 18.9 Å². The van der Waals surface area contributed by atoms with Crippen LogP contribution >= 0.6 is 0 Å². The number of imidazole rings is 1. The minimum Gasteiger partial charge on any atom is -0.385 e. The molecule has 0 bridgehead atoms. The maximum Gasteiger partial charge on any atom is 0.332 e. The van der Waals surface area contributed by atoms with Crippen LogP contribution in [0.2, 0.25) is 0 Å². The summed E-state index contributed by atoms with van der Waals surface area (Å²) in [7, 11) is 2.92. The van der Waals surface area contributed by atoms with Gasteiger partial charge in [-0.15, -0.1) is 0 Å². The van der Waals surface area contributed by atoms with E-state index >= 15 is 0 Å². The predicted octanol–water partition coefficient (Wildman–Crippen LogP) is -0.986. The summed E-state index contributed by atoms with van der Waals surface area (Å²) in [6.45, 7) is 1.53. The van der Waals surface area contributed by atoms with Crippen molar-refractivity contribution in [3.8, 4) is 0 Å². The van der Waals surface area contributed by atoms with Crippen molar-refractivity contribution in [3.05, 3.63) is 26.7 Å². The fourth-order valence-corrected chi connectivity index (χ4v) is 1.54. The Morgan fingerprint density at radius 3 is 2.50 bits per heavy atom. The Hall–Kier alpha value is -1.89. The molecule has 1 atom stereocenters. The molecule has 0 unspecified atom stereocenters. The van der Waals surface area contributed by atoms with Gasteiger partial charge in [-0.1, -0.05) is 0 Å². The van der Waals surface area contributed by atoms with Gasteiger partial charge in [0.05, 0.1) is 0 Å². The average Bonchev–Trinajstić information content (AvgIpc) is 2.68. The Morgan fingerprint density at radius 2 is 1.94 bits per heavy atom. The second-order valence-corrected chi connectivity index (χ2v) is 3.70. The molecule has 0 spiro atoms. The fourth-order valence-electron chi connectivity index (χ4n) is 1.54. The van der Waals surface area contributed by atoms with Crippen molar-refractivity contribution in [3.63, 3.8) is 0 Å². The zero-order valence-electron chi connectivity index (χ0n) is 9.18. The maximum absolute atomic E-state index is 11.7. The first-order valence-electron chi connectivity index (χ1n) is 4.77. The second kappa shape index (κ2) is 3.31. The standard InChI is InChI=1S/C9H12N4O3/c1-4(14)6-10-5-7(11-6)12(2)9(16)13(3)8(5)15/h4,14H,1-3H3,(H,10,11)/t4-/m1/s1. The second-order valence-electron chi connectivity index (χ2n) is 3.70. The molecule has 0 aliphatic heterocycles. The molecular formula is C9H12N4O3. The van der Waals surface area contributed by atoms with E-state index in [2.05, 4.69) is 9.97 Å². The zero-order valence-corrected chi connectivity index (χ0v) is 9.18. The normalized spacial score (nSPS) is 13.2. The lowest BCUT2D eigenvalue weighted by atomic mass is 10.4. The number of rotatable bonds is 1. The van der Waals surface area contributed by atoms with Crippen molar-refractivity contribution in [1.29, 1.82) is 0 Å². The van der Waals surface area contributed by atoms with Crippen molar-refractivity contribution in [2.75, 3.05) is 0 Å². The number of aryl methyl sites for hydroxylation is 1. The first-order chi connectivity index (χ1) is 7.43. The zero-order chi connectivity index (χ0) is 12.0. The van der Waals surface area contributed by atoms with E-state index < -0.39 is 17.4 Å². The molecule has 0 aliphatic carbocycles. The number of hydrogen-bond acceptors (Lipinski definition) is 4. The summed E-state index contributed by atoms with van der Waals surface area (Å²) >= 11 is 0. The van der Waals surface area contributed by atoms with E-state index in [1.54, 1.807) is 0 Å². The molecule has 0 radical (unpaired) electrons. The Bertz CT molecular complexity index is 662. The molecule has 2 N–H and O–H groups in total. The van der Waals surface area contributed by atoms with Gasteiger partial charge in [-0.25, -0.2) is 9.78 Å². The molecule has 0 aromatic carbocycles. The first-order valence-corrected chi connectivity index (χ1v) is 4.77. The van der Waals surface area contributed by atoms with Crippen molar-refractivity contribution in [2.24, 2.45) is 14.1 Å². The smallest absolute Gasteiger partial charge is 0.332 e. The van der Waals surface area contributed by atoms with Crippen LogP contribution in [0.25, 0.3) is 11.2 Å². The lowest BCUT2D eigenvalue weighted by Gasteiger charge is -2.00. The number of aliphatic hydroxyl groups excluding tert-OH is 1. The lowest BCUT2D eigenvalue weighted by Crippen LogP contribution is -2.36. The molecule has 0 fully saturated rings. The summed E-state index contributed by atoms with van der Waals surface area (Å²) in [6, 6.07) is 0. The number of aromatic amines is 1. The first kappa shape index (κ1) is 10.6. The minimum absolute atomic E-state index is 0.223. The molecule has 0 saturated heterocycles. The highest BCUT2D eigenvalue weighted by atomic mass is 16.3. The summed E-state index contributed by atoms with van der Waals surface area (Å²) in [6.07, 6.45) is -0.813. The fraction of sp³-hybridized carbons (Fsp3) is 0.444. The van der Waals surface area contributed by atoms with Gasteiger partial charge in [-0.3, -0.25) is 13.9 Å². The highest BCUT2D eigenvalue weighted by molar-refractivity contribution is 5.69. The maximum atomic E-state index is 11.7. The van der Waals surface area contributed by atoms with E-state index in [1.165, 1.54) is 25.6 Å². The van der Waals surface area contributed by atoms with Gasteiger partial charge in [0.1, 0.15) is 17.4 Å². The molecule has 86 valence electrons. The van der Waals surface area contributed by atoms with Crippen LogP contribution in [0.4, 0.5) is 0 Å². The van der Waals surface area contributed by atoms with Crippen LogP contribution < -0.4 is 11.2 Å². The van der Waals surface area contributed by atoms with Crippen LogP contribution in [-0.2, 0) is 14.1 Å². The van der Waals surface area contributed by atoms with Gasteiger partial charge in [0.15, 0.2) is 5.65 Å². The van der Waals surface area contributed by atoms with Gasteiger partial charge in [-0.05, 0) is 6.92 Å². The molecular weight excluding hydrogens is 212 g/mol. The van der Waals surface area contributed by atoms with Crippen LogP contribution in [-0.4, -0.2) is 24.2 Å². The van der Waals surface area contributed by atoms with Crippen molar-refractivity contribution < 1.29 is 5.11 Å². The summed E-state index contributed by atoms with van der Waals surface area (Å²) in [4.78, 5) is 30.1. The molecule has 16 heavy (non-hydrogen) atoms. The highest BCUT2D eigenvalue weighted by Crippen LogP contribution is 2.10. The van der Waals surface area contributed by atoms with Crippen LogP contribution in [0.15, 0.2) is 9.59 Å². The van der Waals surface area contributed by atoms with Gasteiger partial charge in [0, 0.05) is 14.1 Å². The Morgan fingerprint density at radius 1 is 1.31 bits per heavy atom. The van der Waals surface area contributed by atoms with Crippen molar-refractivity contribution in [2.45, 2.75) is 13.0 Å². The molecule has 7 heteroatoms. The number of aliphatic hydroxyl groups is 1. The van der Waals surface area contributed by atoms with E-state index in [9.17, 15) is 14.7 Å². The Labute approximate surface area is 90.0 Å². The van der Waals surface area contributed by atoms with Crippen molar-refractivity contribution in [1.82, 2.24) is 19.1 Å². The molecule has 0 saturated carbocycles. The van der Waals surface area contributed by atoms with E-state index in [0.717, 1.165) is 4.57 Å². The van der Waals surface area contributed by atoms with Gasteiger partial charge in [0.2, 0.25) is 0 Å². The molecule has 2 heterocycles. The molecule has 7 nitrogen and oxygen atoms in total. The molecule has 2 aromatic heterocycles. The minimum atomic E-state index is -0.813. The third-order valence-electron chi connectivity index (χ3n) is 2.51. The number of aromatic nitrogens is 4. The van der Waals surface area contributed by atoms with E-state index in [0.29, 0.717) is 0 Å². The van der Waals surface area contributed by atoms with Crippen LogP contribution in [0.3, 0.4) is 0 Å². The van der Waals surface area contributed by atoms with Crippen LogP contribution in [0, 0.1) is 0 Å². The average molecular weight is 224 g/mol. The van der Waals surface area contributed by atoms with Crippen LogP contribution in [0.5, 0.6) is 0 Å². The quantitative estimate of drug-likeness (QED) is 0.650. The van der Waals surface area contributed by atoms with Gasteiger partial charge >= 0.3 is 5.69 Å². The number of H-pyrrole nitrogens is 1. The molecule has 2 aromatic rings. The largest absolute Gasteiger partial charge is 0.385 e. The summed E-state index contributed by atoms with van der Waals surface area (Å²) in [5.41, 5.74) is -0.414. The Balaban J connectivity index is 2.98. The SMILES string of the molecule is C[C@@H](O)c1nc2c([nH]1)c(=O)n(C)c(=O)n2C. The molecule has 2 rings (SSSR count). The number of fused-ring (bicyclic) bond motifs is 1. The van der Waals surface area contributed by atoms with Gasteiger partial charge in [-0.2, -0.15) is 0 Å². The third-order valence-corrected chi connectivity index (χ3v) is 2.51. The van der Waals surface area contributed by atoms with E-state index in [4.69, 9.17) is 0 Å².